The predicted octanol–water partition coefficient (Wildman–Crippen LogP) is 1.69. The lowest BCUT2D eigenvalue weighted by molar-refractivity contribution is -0.131. The van der Waals surface area contributed by atoms with Gasteiger partial charge in [-0.3, -0.25) is 4.79 Å². The van der Waals surface area contributed by atoms with E-state index in [1.807, 2.05) is 0 Å². The number of thiophene rings is 1. The van der Waals surface area contributed by atoms with Crippen LogP contribution < -0.4 is 0 Å². The summed E-state index contributed by atoms with van der Waals surface area (Å²) in [5.41, 5.74) is 0. The molecule has 0 aromatic carbocycles. The van der Waals surface area contributed by atoms with Gasteiger partial charge in [0.2, 0.25) is 0 Å². The summed E-state index contributed by atoms with van der Waals surface area (Å²) in [6.45, 7) is 1.58. The molecule has 108 valence electrons. The minimum Gasteiger partial charge on any atom is -0.478 e. The predicted molar refractivity (Wildman–Crippen MR) is 76.7 cm³/mol. The molecule has 1 aliphatic heterocycles. The average molecular weight is 295 g/mol. The molecule has 1 fully saturated rings. The van der Waals surface area contributed by atoms with Crippen LogP contribution in [0.4, 0.5) is 0 Å². The molecule has 1 aliphatic rings. The standard InChI is InChI=1S/C14H17NO4S/c16-8-6-10-5-7-15(9-10)14(19)12-3-1-11(20-12)2-4-13(17)18/h1-4,10,16H,5-9H2,(H,17,18)/b4-2+. The lowest BCUT2D eigenvalue weighted by Gasteiger charge is -2.15. The molecular weight excluding hydrogens is 278 g/mol. The van der Waals surface area contributed by atoms with Gasteiger partial charge in [0.05, 0.1) is 4.88 Å². The van der Waals surface area contributed by atoms with Gasteiger partial charge in [0.15, 0.2) is 0 Å². The Balaban J connectivity index is 1.98. The minimum atomic E-state index is -1.00. The lowest BCUT2D eigenvalue weighted by Crippen LogP contribution is -2.28. The number of hydrogen-bond acceptors (Lipinski definition) is 4. The molecule has 0 radical (unpaired) electrons. The summed E-state index contributed by atoms with van der Waals surface area (Å²) in [6, 6.07) is 3.48. The number of carbonyl (C=O) groups excluding carboxylic acids is 1. The summed E-state index contributed by atoms with van der Waals surface area (Å²) in [5.74, 6) is -0.627. The number of aliphatic hydroxyl groups excluding tert-OH is 1. The van der Waals surface area contributed by atoms with Gasteiger partial charge in [-0.15, -0.1) is 11.3 Å². The van der Waals surface area contributed by atoms with E-state index < -0.39 is 5.97 Å². The summed E-state index contributed by atoms with van der Waals surface area (Å²) in [7, 11) is 0. The normalized spacial score (nSPS) is 18.9. The molecule has 6 heteroatoms. The van der Waals surface area contributed by atoms with Crippen molar-refractivity contribution in [2.45, 2.75) is 12.8 Å². The fraction of sp³-hybridized carbons (Fsp3) is 0.429. The molecule has 1 saturated heterocycles. The third-order valence-corrected chi connectivity index (χ3v) is 4.38. The van der Waals surface area contributed by atoms with E-state index in [1.54, 1.807) is 17.0 Å². The number of nitrogens with zero attached hydrogens (tertiary/aromatic N) is 1. The molecule has 1 aromatic heterocycles. The molecule has 1 aromatic rings. The van der Waals surface area contributed by atoms with E-state index >= 15 is 0 Å². The SMILES string of the molecule is O=C(O)/C=C/c1ccc(C(=O)N2CCC(CCO)C2)s1. The van der Waals surface area contributed by atoms with E-state index in [4.69, 9.17) is 10.2 Å². The molecule has 1 atom stereocenters. The Morgan fingerprint density at radius 1 is 1.45 bits per heavy atom. The van der Waals surface area contributed by atoms with E-state index in [0.717, 1.165) is 30.3 Å². The topological polar surface area (TPSA) is 77.8 Å². The van der Waals surface area contributed by atoms with Gasteiger partial charge in [-0.2, -0.15) is 0 Å². The monoisotopic (exact) mass is 295 g/mol. The fourth-order valence-corrected chi connectivity index (χ4v) is 3.18. The van der Waals surface area contributed by atoms with Crippen molar-refractivity contribution in [1.29, 1.82) is 0 Å². The van der Waals surface area contributed by atoms with Crippen molar-refractivity contribution in [1.82, 2.24) is 4.90 Å². The summed E-state index contributed by atoms with van der Waals surface area (Å²) >= 11 is 1.29. The molecule has 2 heterocycles. The Bertz CT molecular complexity index is 523. The Hall–Kier alpha value is -1.66. The molecule has 0 aliphatic carbocycles. The van der Waals surface area contributed by atoms with Crippen LogP contribution in [-0.2, 0) is 4.79 Å². The molecule has 20 heavy (non-hydrogen) atoms. The molecule has 2 N–H and O–H groups in total. The van der Waals surface area contributed by atoms with Gasteiger partial charge in [0, 0.05) is 30.6 Å². The zero-order valence-corrected chi connectivity index (χ0v) is 11.8. The fourth-order valence-electron chi connectivity index (χ4n) is 2.30. The van der Waals surface area contributed by atoms with Crippen molar-refractivity contribution in [3.63, 3.8) is 0 Å². The average Bonchev–Trinajstić information content (AvgIpc) is 3.05. The number of rotatable bonds is 5. The summed E-state index contributed by atoms with van der Waals surface area (Å²) < 4.78 is 0. The van der Waals surface area contributed by atoms with Gasteiger partial charge in [-0.25, -0.2) is 4.79 Å². The van der Waals surface area contributed by atoms with Crippen molar-refractivity contribution >= 4 is 29.3 Å². The second kappa shape index (κ2) is 6.67. The highest BCUT2D eigenvalue weighted by molar-refractivity contribution is 7.14. The molecule has 2 rings (SSSR count). The zero-order chi connectivity index (χ0) is 14.5. The van der Waals surface area contributed by atoms with Crippen molar-refractivity contribution in [2.75, 3.05) is 19.7 Å². The van der Waals surface area contributed by atoms with Crippen LogP contribution in [0.1, 0.15) is 27.4 Å². The van der Waals surface area contributed by atoms with Crippen LogP contribution in [0, 0.1) is 5.92 Å². The van der Waals surface area contributed by atoms with Crippen molar-refractivity contribution in [2.24, 2.45) is 5.92 Å². The van der Waals surface area contributed by atoms with Gasteiger partial charge in [-0.05, 0) is 37.0 Å². The maximum absolute atomic E-state index is 12.3. The molecule has 0 spiro atoms. The van der Waals surface area contributed by atoms with Gasteiger partial charge in [-0.1, -0.05) is 0 Å². The Morgan fingerprint density at radius 3 is 2.95 bits per heavy atom. The van der Waals surface area contributed by atoms with Crippen LogP contribution in [0.15, 0.2) is 18.2 Å². The summed E-state index contributed by atoms with van der Waals surface area (Å²) in [4.78, 5) is 25.9. The molecule has 0 bridgehead atoms. The van der Waals surface area contributed by atoms with E-state index in [2.05, 4.69) is 0 Å². The van der Waals surface area contributed by atoms with Gasteiger partial charge < -0.3 is 15.1 Å². The summed E-state index contributed by atoms with van der Waals surface area (Å²) in [6.07, 6.45) is 4.22. The maximum atomic E-state index is 12.3. The van der Waals surface area contributed by atoms with Crippen LogP contribution in [0.3, 0.4) is 0 Å². The smallest absolute Gasteiger partial charge is 0.328 e. The maximum Gasteiger partial charge on any atom is 0.328 e. The number of hydrogen-bond donors (Lipinski definition) is 2. The Kier molecular flexibility index (Phi) is 4.92. The number of carbonyl (C=O) groups is 2. The quantitative estimate of drug-likeness (QED) is 0.810. The highest BCUT2D eigenvalue weighted by Gasteiger charge is 2.27. The van der Waals surface area contributed by atoms with Crippen LogP contribution in [0.2, 0.25) is 0 Å². The van der Waals surface area contributed by atoms with Crippen LogP contribution in [0.5, 0.6) is 0 Å². The zero-order valence-electron chi connectivity index (χ0n) is 11.0. The second-order valence-electron chi connectivity index (χ2n) is 4.79. The molecular formula is C14H17NO4S. The van der Waals surface area contributed by atoms with Crippen molar-refractivity contribution in [3.05, 3.63) is 28.0 Å². The first kappa shape index (κ1) is 14.7. The van der Waals surface area contributed by atoms with Crippen LogP contribution in [-0.4, -0.2) is 46.7 Å². The highest BCUT2D eigenvalue weighted by Crippen LogP contribution is 2.24. The highest BCUT2D eigenvalue weighted by atomic mass is 32.1. The number of aliphatic carboxylic acids is 1. The third kappa shape index (κ3) is 3.68. The van der Waals surface area contributed by atoms with Crippen LogP contribution >= 0.6 is 11.3 Å². The lowest BCUT2D eigenvalue weighted by atomic mass is 10.1. The van der Waals surface area contributed by atoms with Gasteiger partial charge in [0.25, 0.3) is 5.91 Å². The number of aliphatic hydroxyl groups is 1. The number of carboxylic acids is 1. The first-order valence-electron chi connectivity index (χ1n) is 6.51. The number of carboxylic acid groups (broad SMARTS) is 1. The van der Waals surface area contributed by atoms with E-state index in [9.17, 15) is 9.59 Å². The molecule has 0 saturated carbocycles. The van der Waals surface area contributed by atoms with Crippen LogP contribution in [0.25, 0.3) is 6.08 Å². The Labute approximate surface area is 121 Å². The largest absolute Gasteiger partial charge is 0.478 e. The van der Waals surface area contributed by atoms with Crippen molar-refractivity contribution < 1.29 is 19.8 Å². The number of likely N-dealkylation sites (tertiary alicyclic amines) is 1. The first-order valence-corrected chi connectivity index (χ1v) is 7.33. The number of amides is 1. The molecule has 5 nitrogen and oxygen atoms in total. The first-order chi connectivity index (χ1) is 9.60. The van der Waals surface area contributed by atoms with Gasteiger partial charge in [0.1, 0.15) is 0 Å². The molecule has 1 unspecified atom stereocenters. The van der Waals surface area contributed by atoms with E-state index in [1.165, 1.54) is 17.4 Å². The summed E-state index contributed by atoms with van der Waals surface area (Å²) in [5, 5.41) is 17.5. The van der Waals surface area contributed by atoms with E-state index in [0.29, 0.717) is 17.3 Å². The Morgan fingerprint density at radius 2 is 2.25 bits per heavy atom. The second-order valence-corrected chi connectivity index (χ2v) is 5.91. The van der Waals surface area contributed by atoms with Crippen molar-refractivity contribution in [3.8, 4) is 0 Å². The molecule has 1 amide bonds. The minimum absolute atomic E-state index is 0.00888. The third-order valence-electron chi connectivity index (χ3n) is 3.34. The van der Waals surface area contributed by atoms with E-state index in [-0.39, 0.29) is 12.5 Å². The van der Waals surface area contributed by atoms with Gasteiger partial charge >= 0.3 is 5.97 Å².